The first-order valence-electron chi connectivity index (χ1n) is 6.39. The van der Waals surface area contributed by atoms with Crippen molar-refractivity contribution < 1.29 is 14.6 Å². The average molecular weight is 280 g/mol. The Bertz CT molecular complexity index is 788. The van der Waals surface area contributed by atoms with Crippen LogP contribution >= 0.6 is 0 Å². The molecule has 0 atom stereocenters. The van der Waals surface area contributed by atoms with E-state index in [1.165, 1.54) is 0 Å². The van der Waals surface area contributed by atoms with Gasteiger partial charge in [0.25, 0.3) is 0 Å². The van der Waals surface area contributed by atoms with Crippen molar-refractivity contribution >= 4 is 16.7 Å². The predicted molar refractivity (Wildman–Crippen MR) is 77.3 cm³/mol. The maximum Gasteiger partial charge on any atom is 0.339 e. The maximum absolute atomic E-state index is 11.4. The lowest BCUT2D eigenvalue weighted by molar-refractivity contribution is 0.0692. The minimum absolute atomic E-state index is 0.124. The van der Waals surface area contributed by atoms with E-state index in [-0.39, 0.29) is 12.2 Å². The molecule has 0 unspecified atom stereocenters. The SMILES string of the molecule is O=C(O)c1cc2ccccc2cc1OCc1ncccn1. The van der Waals surface area contributed by atoms with E-state index in [1.54, 1.807) is 30.6 Å². The summed E-state index contributed by atoms with van der Waals surface area (Å²) in [5, 5.41) is 11.1. The van der Waals surface area contributed by atoms with E-state index in [9.17, 15) is 9.90 Å². The van der Waals surface area contributed by atoms with Gasteiger partial charge in [0.05, 0.1) is 0 Å². The lowest BCUT2D eigenvalue weighted by atomic mass is 10.1. The molecule has 0 saturated heterocycles. The Labute approximate surface area is 120 Å². The lowest BCUT2D eigenvalue weighted by Crippen LogP contribution is -2.05. The molecule has 3 aromatic rings. The summed E-state index contributed by atoms with van der Waals surface area (Å²) < 4.78 is 5.59. The molecule has 1 heterocycles. The molecule has 0 fully saturated rings. The second kappa shape index (κ2) is 5.58. The van der Waals surface area contributed by atoms with Crippen LogP contribution in [0, 0.1) is 0 Å². The number of carboxylic acid groups (broad SMARTS) is 1. The fourth-order valence-electron chi connectivity index (χ4n) is 2.05. The molecule has 0 aliphatic heterocycles. The van der Waals surface area contributed by atoms with E-state index in [1.807, 2.05) is 24.3 Å². The first kappa shape index (κ1) is 13.1. The Hall–Kier alpha value is -2.95. The Morgan fingerprint density at radius 2 is 1.71 bits per heavy atom. The van der Waals surface area contributed by atoms with E-state index in [0.29, 0.717) is 11.6 Å². The van der Waals surface area contributed by atoms with Gasteiger partial charge in [0.15, 0.2) is 5.82 Å². The molecular formula is C16H12N2O3. The number of aromatic carboxylic acids is 1. The molecule has 0 radical (unpaired) electrons. The molecule has 2 aromatic carbocycles. The lowest BCUT2D eigenvalue weighted by Gasteiger charge is -2.10. The van der Waals surface area contributed by atoms with Gasteiger partial charge in [-0.2, -0.15) is 0 Å². The Morgan fingerprint density at radius 1 is 1.05 bits per heavy atom. The van der Waals surface area contributed by atoms with Crippen LogP contribution < -0.4 is 4.74 Å². The summed E-state index contributed by atoms with van der Waals surface area (Å²) in [6, 6.07) is 12.6. The van der Waals surface area contributed by atoms with Gasteiger partial charge in [-0.25, -0.2) is 14.8 Å². The van der Waals surface area contributed by atoms with Gasteiger partial charge in [-0.3, -0.25) is 0 Å². The van der Waals surface area contributed by atoms with E-state index in [4.69, 9.17) is 4.74 Å². The van der Waals surface area contributed by atoms with Crippen molar-refractivity contribution in [3.05, 3.63) is 66.2 Å². The van der Waals surface area contributed by atoms with Crippen molar-refractivity contribution in [2.45, 2.75) is 6.61 Å². The van der Waals surface area contributed by atoms with E-state index in [2.05, 4.69) is 9.97 Å². The standard InChI is InChI=1S/C16H12N2O3/c19-16(20)13-8-11-4-1-2-5-12(11)9-14(13)21-10-15-17-6-3-7-18-15/h1-9H,10H2,(H,19,20). The van der Waals surface area contributed by atoms with Gasteiger partial charge in [-0.1, -0.05) is 24.3 Å². The van der Waals surface area contributed by atoms with Gasteiger partial charge in [0.1, 0.15) is 17.9 Å². The third-order valence-corrected chi connectivity index (χ3v) is 3.05. The van der Waals surface area contributed by atoms with Gasteiger partial charge in [0, 0.05) is 12.4 Å². The zero-order valence-electron chi connectivity index (χ0n) is 11.1. The Morgan fingerprint density at radius 3 is 2.38 bits per heavy atom. The van der Waals surface area contributed by atoms with Crippen molar-refractivity contribution in [2.24, 2.45) is 0 Å². The topological polar surface area (TPSA) is 72.3 Å². The van der Waals surface area contributed by atoms with E-state index in [0.717, 1.165) is 10.8 Å². The van der Waals surface area contributed by atoms with Crippen LogP contribution in [0.25, 0.3) is 10.8 Å². The third-order valence-electron chi connectivity index (χ3n) is 3.05. The van der Waals surface area contributed by atoms with Crippen molar-refractivity contribution in [3.8, 4) is 5.75 Å². The number of nitrogens with zero attached hydrogens (tertiary/aromatic N) is 2. The first-order chi connectivity index (χ1) is 10.2. The molecule has 104 valence electrons. The molecule has 21 heavy (non-hydrogen) atoms. The summed E-state index contributed by atoms with van der Waals surface area (Å²) in [5.41, 5.74) is 0.129. The average Bonchev–Trinajstić information content (AvgIpc) is 2.53. The fraction of sp³-hybridized carbons (Fsp3) is 0.0625. The Kier molecular flexibility index (Phi) is 3.47. The van der Waals surface area contributed by atoms with Crippen LogP contribution in [0.3, 0.4) is 0 Å². The summed E-state index contributed by atoms with van der Waals surface area (Å²) in [5.74, 6) is -0.208. The maximum atomic E-state index is 11.4. The number of fused-ring (bicyclic) bond motifs is 1. The van der Waals surface area contributed by atoms with Crippen molar-refractivity contribution in [3.63, 3.8) is 0 Å². The zero-order chi connectivity index (χ0) is 14.7. The van der Waals surface area contributed by atoms with Crippen LogP contribution in [-0.2, 0) is 6.61 Å². The largest absolute Gasteiger partial charge is 0.485 e. The first-order valence-corrected chi connectivity index (χ1v) is 6.39. The molecule has 3 rings (SSSR count). The molecule has 0 aliphatic rings. The number of carboxylic acids is 1. The van der Waals surface area contributed by atoms with Crippen molar-refractivity contribution in [1.29, 1.82) is 0 Å². The number of carbonyl (C=O) groups is 1. The second-order valence-electron chi connectivity index (χ2n) is 4.45. The van der Waals surface area contributed by atoms with E-state index < -0.39 is 5.97 Å². The summed E-state index contributed by atoms with van der Waals surface area (Å²) in [6.45, 7) is 0.124. The van der Waals surface area contributed by atoms with Crippen molar-refractivity contribution in [2.75, 3.05) is 0 Å². The van der Waals surface area contributed by atoms with Gasteiger partial charge in [-0.05, 0) is 29.0 Å². The summed E-state index contributed by atoms with van der Waals surface area (Å²) in [7, 11) is 0. The number of benzene rings is 2. The number of hydrogen-bond acceptors (Lipinski definition) is 4. The van der Waals surface area contributed by atoms with Gasteiger partial charge >= 0.3 is 5.97 Å². The van der Waals surface area contributed by atoms with Crippen LogP contribution in [0.2, 0.25) is 0 Å². The molecule has 0 aliphatic carbocycles. The zero-order valence-corrected chi connectivity index (χ0v) is 11.1. The van der Waals surface area contributed by atoms with Crippen molar-refractivity contribution in [1.82, 2.24) is 9.97 Å². The highest BCUT2D eigenvalue weighted by molar-refractivity contribution is 5.97. The number of rotatable bonds is 4. The van der Waals surface area contributed by atoms with Crippen LogP contribution in [-0.4, -0.2) is 21.0 Å². The molecule has 1 aromatic heterocycles. The second-order valence-corrected chi connectivity index (χ2v) is 4.45. The molecule has 0 saturated carbocycles. The molecule has 0 amide bonds. The highest BCUT2D eigenvalue weighted by atomic mass is 16.5. The van der Waals surface area contributed by atoms with Crippen LogP contribution in [0.1, 0.15) is 16.2 Å². The minimum Gasteiger partial charge on any atom is -0.485 e. The highest BCUT2D eigenvalue weighted by Gasteiger charge is 2.13. The molecular weight excluding hydrogens is 268 g/mol. The van der Waals surface area contributed by atoms with Gasteiger partial charge in [-0.15, -0.1) is 0 Å². The predicted octanol–water partition coefficient (Wildman–Crippen LogP) is 2.91. The molecule has 0 spiro atoms. The molecule has 1 N–H and O–H groups in total. The van der Waals surface area contributed by atoms with E-state index >= 15 is 0 Å². The van der Waals surface area contributed by atoms with Gasteiger partial charge in [0.2, 0.25) is 0 Å². The molecule has 5 nitrogen and oxygen atoms in total. The summed E-state index contributed by atoms with van der Waals surface area (Å²) in [6.07, 6.45) is 3.23. The quantitative estimate of drug-likeness (QED) is 0.795. The normalized spacial score (nSPS) is 10.5. The van der Waals surface area contributed by atoms with Gasteiger partial charge < -0.3 is 9.84 Å². The smallest absolute Gasteiger partial charge is 0.339 e. The monoisotopic (exact) mass is 280 g/mol. The fourth-order valence-corrected chi connectivity index (χ4v) is 2.05. The number of hydrogen-bond donors (Lipinski definition) is 1. The van der Waals surface area contributed by atoms with Crippen LogP contribution in [0.15, 0.2) is 54.9 Å². The highest BCUT2D eigenvalue weighted by Crippen LogP contribution is 2.26. The molecule has 5 heteroatoms. The minimum atomic E-state index is -1.02. The van der Waals surface area contributed by atoms with Crippen LogP contribution in [0.4, 0.5) is 0 Å². The third kappa shape index (κ3) is 2.81. The summed E-state index contributed by atoms with van der Waals surface area (Å²) in [4.78, 5) is 19.5. The number of ether oxygens (including phenoxy) is 1. The molecule has 0 bridgehead atoms. The number of aromatic nitrogens is 2. The summed E-state index contributed by atoms with van der Waals surface area (Å²) >= 11 is 0. The Balaban J connectivity index is 1.96. The van der Waals surface area contributed by atoms with Crippen LogP contribution in [0.5, 0.6) is 5.75 Å².